The maximum absolute atomic E-state index is 12.6. The molecule has 122 valence electrons. The van der Waals surface area contributed by atoms with Crippen LogP contribution >= 0.6 is 0 Å². The number of piperidine rings is 1. The van der Waals surface area contributed by atoms with Crippen LogP contribution in [-0.2, 0) is 24.3 Å². The van der Waals surface area contributed by atoms with E-state index < -0.39 is 16.1 Å². The zero-order valence-electron chi connectivity index (χ0n) is 12.9. The minimum absolute atomic E-state index is 0.113. The molecule has 7 nitrogen and oxygen atoms in total. The monoisotopic (exact) mass is 320 g/mol. The Morgan fingerprint density at radius 2 is 2.00 bits per heavy atom. The average Bonchev–Trinajstić information content (AvgIpc) is 2.46. The van der Waals surface area contributed by atoms with E-state index in [1.807, 2.05) is 6.92 Å². The predicted octanol–water partition coefficient (Wildman–Crippen LogP) is 0.212. The van der Waals surface area contributed by atoms with Gasteiger partial charge in [-0.05, 0) is 19.8 Å². The molecule has 0 aromatic heterocycles. The van der Waals surface area contributed by atoms with E-state index >= 15 is 0 Å². The summed E-state index contributed by atoms with van der Waals surface area (Å²) >= 11 is 0. The molecule has 0 spiro atoms. The highest BCUT2D eigenvalue weighted by atomic mass is 32.2. The maximum atomic E-state index is 12.6. The number of esters is 1. The Bertz CT molecular complexity index is 477. The summed E-state index contributed by atoms with van der Waals surface area (Å²) in [5, 5.41) is 0. The van der Waals surface area contributed by atoms with Gasteiger partial charge < -0.3 is 9.64 Å². The molecule has 1 saturated heterocycles. The molecule has 0 radical (unpaired) electrons. The lowest BCUT2D eigenvalue weighted by Gasteiger charge is -2.35. The molecule has 1 aliphatic heterocycles. The minimum atomic E-state index is -3.40. The summed E-state index contributed by atoms with van der Waals surface area (Å²) in [6, 6.07) is -0.647. The summed E-state index contributed by atoms with van der Waals surface area (Å²) in [5.41, 5.74) is 0. The van der Waals surface area contributed by atoms with Gasteiger partial charge in [-0.3, -0.25) is 9.59 Å². The number of hydrogen-bond donors (Lipinski definition) is 0. The molecular weight excluding hydrogens is 296 g/mol. The Labute approximate surface area is 126 Å². The summed E-state index contributed by atoms with van der Waals surface area (Å²) in [4.78, 5) is 25.3. The normalized spacial score (nSPS) is 20.0. The van der Waals surface area contributed by atoms with E-state index in [1.165, 1.54) is 16.3 Å². The van der Waals surface area contributed by atoms with Gasteiger partial charge in [-0.15, -0.1) is 0 Å². The summed E-state index contributed by atoms with van der Waals surface area (Å²) in [5.74, 6) is -0.614. The number of amides is 1. The van der Waals surface area contributed by atoms with Crippen molar-refractivity contribution >= 4 is 21.9 Å². The van der Waals surface area contributed by atoms with Crippen LogP contribution in [0.2, 0.25) is 0 Å². The fourth-order valence-corrected chi connectivity index (χ4v) is 3.63. The Morgan fingerprint density at radius 3 is 2.52 bits per heavy atom. The molecule has 0 aromatic carbocycles. The third-order valence-corrected chi connectivity index (χ3v) is 4.96. The molecule has 1 aliphatic rings. The molecule has 1 amide bonds. The smallest absolute Gasteiger partial charge is 0.307 e. The second kappa shape index (κ2) is 7.74. The number of nitrogens with zero attached hydrogens (tertiary/aromatic N) is 2. The van der Waals surface area contributed by atoms with Crippen molar-refractivity contribution in [2.24, 2.45) is 0 Å². The summed E-state index contributed by atoms with van der Waals surface area (Å²) < 4.78 is 29.5. The van der Waals surface area contributed by atoms with Crippen LogP contribution < -0.4 is 0 Å². The van der Waals surface area contributed by atoms with Crippen molar-refractivity contribution in [2.75, 3.05) is 33.0 Å². The van der Waals surface area contributed by atoms with Gasteiger partial charge in [0.1, 0.15) is 6.04 Å². The SMILES string of the molecule is CCN(CCC(=O)OC)C(=O)C1CCCCN1S(C)(=O)=O. The second-order valence-electron chi connectivity index (χ2n) is 5.13. The number of rotatable bonds is 6. The number of hydrogen-bond acceptors (Lipinski definition) is 5. The molecule has 0 saturated carbocycles. The molecule has 0 aromatic rings. The van der Waals surface area contributed by atoms with E-state index in [9.17, 15) is 18.0 Å². The number of likely N-dealkylation sites (N-methyl/N-ethyl adjacent to an activating group) is 1. The van der Waals surface area contributed by atoms with Gasteiger partial charge in [0.2, 0.25) is 15.9 Å². The quantitative estimate of drug-likeness (QED) is 0.653. The van der Waals surface area contributed by atoms with Gasteiger partial charge in [0, 0.05) is 19.6 Å². The van der Waals surface area contributed by atoms with Crippen LogP contribution in [0.5, 0.6) is 0 Å². The first-order valence-corrected chi connectivity index (χ1v) is 8.98. The van der Waals surface area contributed by atoms with Crippen molar-refractivity contribution in [3.8, 4) is 0 Å². The summed E-state index contributed by atoms with van der Waals surface area (Å²) in [6.07, 6.45) is 3.37. The van der Waals surface area contributed by atoms with Crippen LogP contribution in [0.25, 0.3) is 0 Å². The van der Waals surface area contributed by atoms with Crippen LogP contribution in [0.3, 0.4) is 0 Å². The first kappa shape index (κ1) is 17.9. The standard InChI is InChI=1S/C13H24N2O5S/c1-4-14(10-8-12(16)20-2)13(17)11-7-5-6-9-15(11)21(3,18)19/h11H,4-10H2,1-3H3. The molecular formula is C13H24N2O5S. The van der Waals surface area contributed by atoms with Gasteiger partial charge in [0.25, 0.3) is 0 Å². The van der Waals surface area contributed by atoms with Gasteiger partial charge in [0.15, 0.2) is 0 Å². The van der Waals surface area contributed by atoms with Crippen LogP contribution in [0.1, 0.15) is 32.6 Å². The van der Waals surface area contributed by atoms with Gasteiger partial charge in [-0.2, -0.15) is 4.31 Å². The van der Waals surface area contributed by atoms with Crippen LogP contribution in [0.15, 0.2) is 0 Å². The van der Waals surface area contributed by atoms with Gasteiger partial charge in [-0.1, -0.05) is 6.42 Å². The fourth-order valence-electron chi connectivity index (χ4n) is 2.51. The van der Waals surface area contributed by atoms with E-state index in [-0.39, 0.29) is 24.8 Å². The lowest BCUT2D eigenvalue weighted by atomic mass is 10.0. The maximum Gasteiger partial charge on any atom is 0.307 e. The molecule has 0 N–H and O–H groups in total. The number of ether oxygens (including phenoxy) is 1. The Hall–Kier alpha value is -1.15. The molecule has 1 atom stereocenters. The lowest BCUT2D eigenvalue weighted by Crippen LogP contribution is -2.53. The molecule has 1 unspecified atom stereocenters. The number of carbonyl (C=O) groups is 2. The Kier molecular flexibility index (Phi) is 6.60. The molecule has 1 rings (SSSR count). The number of sulfonamides is 1. The molecule has 8 heteroatoms. The highest BCUT2D eigenvalue weighted by molar-refractivity contribution is 7.88. The van der Waals surface area contributed by atoms with Crippen LogP contribution in [0, 0.1) is 0 Å². The molecule has 0 aliphatic carbocycles. The minimum Gasteiger partial charge on any atom is -0.469 e. The van der Waals surface area contributed by atoms with Gasteiger partial charge >= 0.3 is 5.97 Å². The average molecular weight is 320 g/mol. The topological polar surface area (TPSA) is 84.0 Å². The second-order valence-corrected chi connectivity index (χ2v) is 7.06. The zero-order valence-corrected chi connectivity index (χ0v) is 13.7. The van der Waals surface area contributed by atoms with E-state index in [1.54, 1.807) is 0 Å². The third kappa shape index (κ3) is 4.96. The highest BCUT2D eigenvalue weighted by Gasteiger charge is 2.36. The Balaban J connectivity index is 2.79. The van der Waals surface area contributed by atoms with Gasteiger partial charge in [0.05, 0.1) is 19.8 Å². The lowest BCUT2D eigenvalue weighted by molar-refractivity contribution is -0.142. The van der Waals surface area contributed by atoms with Gasteiger partial charge in [-0.25, -0.2) is 8.42 Å². The van der Waals surface area contributed by atoms with E-state index in [4.69, 9.17) is 0 Å². The Morgan fingerprint density at radius 1 is 1.33 bits per heavy atom. The summed E-state index contributed by atoms with van der Waals surface area (Å²) in [6.45, 7) is 2.87. The van der Waals surface area contributed by atoms with E-state index in [0.29, 0.717) is 19.5 Å². The van der Waals surface area contributed by atoms with Crippen LogP contribution in [0.4, 0.5) is 0 Å². The van der Waals surface area contributed by atoms with Crippen molar-refractivity contribution in [3.05, 3.63) is 0 Å². The van der Waals surface area contributed by atoms with E-state index in [2.05, 4.69) is 4.74 Å². The number of methoxy groups -OCH3 is 1. The van der Waals surface area contributed by atoms with Crippen molar-refractivity contribution in [3.63, 3.8) is 0 Å². The highest BCUT2D eigenvalue weighted by Crippen LogP contribution is 2.21. The van der Waals surface area contributed by atoms with Crippen molar-refractivity contribution in [1.29, 1.82) is 0 Å². The predicted molar refractivity (Wildman–Crippen MR) is 78.1 cm³/mol. The van der Waals surface area contributed by atoms with Crippen molar-refractivity contribution in [2.45, 2.75) is 38.6 Å². The fraction of sp³-hybridized carbons (Fsp3) is 0.846. The molecule has 1 heterocycles. The summed E-state index contributed by atoms with van der Waals surface area (Å²) in [7, 11) is -2.10. The number of carbonyl (C=O) groups excluding carboxylic acids is 2. The van der Waals surface area contributed by atoms with E-state index in [0.717, 1.165) is 19.1 Å². The van der Waals surface area contributed by atoms with Crippen LogP contribution in [-0.4, -0.2) is 68.5 Å². The first-order valence-electron chi connectivity index (χ1n) is 7.13. The third-order valence-electron chi connectivity index (χ3n) is 3.67. The molecule has 1 fully saturated rings. The zero-order chi connectivity index (χ0) is 16.0. The molecule has 21 heavy (non-hydrogen) atoms. The first-order chi connectivity index (χ1) is 9.81. The van der Waals surface area contributed by atoms with Crippen molar-refractivity contribution in [1.82, 2.24) is 9.21 Å². The molecule has 0 bridgehead atoms. The largest absolute Gasteiger partial charge is 0.469 e. The van der Waals surface area contributed by atoms with Crippen molar-refractivity contribution < 1.29 is 22.7 Å².